The average Bonchev–Trinajstić information content (AvgIpc) is 3.59. The summed E-state index contributed by atoms with van der Waals surface area (Å²) in [5, 5.41) is 4.92. The van der Waals surface area contributed by atoms with Gasteiger partial charge in [0.2, 0.25) is 0 Å². The Bertz CT molecular complexity index is 3180. The molecule has 0 saturated carbocycles. The smallest absolute Gasteiger partial charge is 0.161 e. The van der Waals surface area contributed by atoms with E-state index in [0.29, 0.717) is 5.82 Å². The Balaban J connectivity index is 1.07. The van der Waals surface area contributed by atoms with Crippen LogP contribution in [0.1, 0.15) is 40.8 Å². The minimum Gasteiger partial charge on any atom is -0.456 e. The zero-order valence-electron chi connectivity index (χ0n) is 31.7. The number of hydrogen-bond acceptors (Lipinski definition) is 3. The molecule has 0 radical (unpaired) electrons. The maximum Gasteiger partial charge on any atom is 0.161 e. The van der Waals surface area contributed by atoms with Crippen molar-refractivity contribution in [3.8, 4) is 56.4 Å². The summed E-state index contributed by atoms with van der Waals surface area (Å²) in [6.45, 7) is 0. The van der Waals surface area contributed by atoms with E-state index >= 15 is 0 Å². The van der Waals surface area contributed by atoms with Gasteiger partial charge in [0.15, 0.2) is 5.82 Å². The lowest BCUT2D eigenvalue weighted by Gasteiger charge is -2.40. The molecule has 1 aliphatic heterocycles. The monoisotopic (exact) mass is 740 g/mol. The van der Waals surface area contributed by atoms with E-state index in [1.807, 2.05) is 0 Å². The third kappa shape index (κ3) is 4.80. The fourth-order valence-electron chi connectivity index (χ4n) is 9.84. The van der Waals surface area contributed by atoms with Crippen molar-refractivity contribution < 1.29 is 4.74 Å². The molecule has 2 aliphatic carbocycles. The topological polar surface area (TPSA) is 35.0 Å². The highest BCUT2D eigenvalue weighted by Crippen LogP contribution is 2.63. The summed E-state index contributed by atoms with van der Waals surface area (Å²) >= 11 is 0. The molecule has 8 aromatic carbocycles. The van der Waals surface area contributed by atoms with Gasteiger partial charge in [0.05, 0.1) is 16.8 Å². The molecule has 0 bridgehead atoms. The minimum atomic E-state index is -0.549. The largest absolute Gasteiger partial charge is 0.456 e. The summed E-state index contributed by atoms with van der Waals surface area (Å²) in [7, 11) is 0. The number of para-hydroxylation sites is 2. The molecule has 58 heavy (non-hydrogen) atoms. The number of nitrogens with zero attached hydrogens (tertiary/aromatic N) is 2. The van der Waals surface area contributed by atoms with E-state index in [1.54, 1.807) is 0 Å². The lowest BCUT2D eigenvalue weighted by molar-refractivity contribution is 0.438. The van der Waals surface area contributed by atoms with Crippen molar-refractivity contribution in [2.75, 3.05) is 0 Å². The number of hydrogen-bond donors (Lipinski definition) is 0. The zero-order chi connectivity index (χ0) is 38.2. The van der Waals surface area contributed by atoms with Crippen molar-refractivity contribution in [3.63, 3.8) is 0 Å². The minimum absolute atomic E-state index is 0.549. The molecule has 0 amide bonds. The van der Waals surface area contributed by atoms with Crippen LogP contribution in [0.5, 0.6) is 11.5 Å². The van der Waals surface area contributed by atoms with Crippen molar-refractivity contribution in [1.29, 1.82) is 0 Å². The van der Waals surface area contributed by atoms with Crippen LogP contribution in [0.2, 0.25) is 0 Å². The number of rotatable bonds is 4. The van der Waals surface area contributed by atoms with Gasteiger partial charge in [-0.1, -0.05) is 176 Å². The molecule has 0 unspecified atom stereocenters. The van der Waals surface area contributed by atoms with Gasteiger partial charge in [-0.05, 0) is 86.0 Å². The summed E-state index contributed by atoms with van der Waals surface area (Å²) < 4.78 is 7.09. The van der Waals surface area contributed by atoms with E-state index in [0.717, 1.165) is 74.7 Å². The van der Waals surface area contributed by atoms with Crippen LogP contribution < -0.4 is 4.74 Å². The average molecular weight is 741 g/mol. The van der Waals surface area contributed by atoms with E-state index in [4.69, 9.17) is 14.7 Å². The molecule has 0 saturated heterocycles. The van der Waals surface area contributed by atoms with Crippen molar-refractivity contribution in [3.05, 3.63) is 222 Å². The number of benzene rings is 8. The maximum absolute atomic E-state index is 7.09. The first kappa shape index (κ1) is 32.8. The lowest BCUT2D eigenvalue weighted by Crippen LogP contribution is -2.32. The van der Waals surface area contributed by atoms with Gasteiger partial charge in [0.25, 0.3) is 0 Å². The van der Waals surface area contributed by atoms with Crippen molar-refractivity contribution in [1.82, 2.24) is 9.97 Å². The van der Waals surface area contributed by atoms with Crippen LogP contribution >= 0.6 is 0 Å². The molecule has 12 rings (SSSR count). The Morgan fingerprint density at radius 1 is 0.448 bits per heavy atom. The van der Waals surface area contributed by atoms with Gasteiger partial charge in [0.1, 0.15) is 11.5 Å². The van der Waals surface area contributed by atoms with Crippen molar-refractivity contribution in [2.45, 2.75) is 18.3 Å². The highest BCUT2D eigenvalue weighted by Gasteiger charge is 2.51. The first-order valence-corrected chi connectivity index (χ1v) is 20.1. The Labute approximate surface area is 337 Å². The fraction of sp³-hybridized carbons (Fsp3) is 0.0545. The van der Waals surface area contributed by atoms with Crippen molar-refractivity contribution in [2.24, 2.45) is 0 Å². The quantitative estimate of drug-likeness (QED) is 0.169. The second-order valence-electron chi connectivity index (χ2n) is 15.5. The number of allylic oxidation sites excluding steroid dienone is 4. The molecular formula is C55H36N2O. The van der Waals surface area contributed by atoms with E-state index in [-0.39, 0.29) is 0 Å². The highest BCUT2D eigenvalue weighted by molar-refractivity contribution is 6.08. The van der Waals surface area contributed by atoms with Gasteiger partial charge in [-0.25, -0.2) is 9.97 Å². The molecule has 0 fully saturated rings. The summed E-state index contributed by atoms with van der Waals surface area (Å²) in [6.07, 6.45) is 8.77. The fourth-order valence-corrected chi connectivity index (χ4v) is 9.84. The van der Waals surface area contributed by atoms with E-state index in [2.05, 4.69) is 194 Å². The maximum atomic E-state index is 7.09. The van der Waals surface area contributed by atoms with Crippen LogP contribution in [0.4, 0.5) is 0 Å². The standard InChI is InChI=1S/C55H36N2O/c1-2-16-36(17-3-1)50-34-51(38-31-32-40-37(33-38)30-29-35-15-4-5-18-39(35)40)57-54(56-50)45-22-7-6-19-41(45)44-23-14-27-49-53(44)58-52-28-13-12-26-48(52)55(49)46-24-10-8-20-42(46)43-21-9-11-25-47(43)55/h2,4-34H,1,3H2. The molecular weight excluding hydrogens is 705 g/mol. The van der Waals surface area contributed by atoms with Crippen LogP contribution in [-0.2, 0) is 5.41 Å². The van der Waals surface area contributed by atoms with Crippen molar-refractivity contribution >= 4 is 27.1 Å². The molecule has 3 heteroatoms. The van der Waals surface area contributed by atoms with Crippen LogP contribution in [0.25, 0.3) is 72.0 Å². The Kier molecular flexibility index (Phi) is 7.27. The van der Waals surface area contributed by atoms with Gasteiger partial charge in [-0.15, -0.1) is 0 Å². The molecule has 272 valence electrons. The molecule has 2 heterocycles. The second-order valence-corrected chi connectivity index (χ2v) is 15.5. The van der Waals surface area contributed by atoms with Gasteiger partial charge >= 0.3 is 0 Å². The molecule has 3 nitrogen and oxygen atoms in total. The van der Waals surface area contributed by atoms with Gasteiger partial charge < -0.3 is 4.74 Å². The lowest BCUT2D eigenvalue weighted by atomic mass is 9.65. The number of fused-ring (bicyclic) bond motifs is 12. The first-order chi connectivity index (χ1) is 28.8. The number of aromatic nitrogens is 2. The van der Waals surface area contributed by atoms with E-state index in [9.17, 15) is 0 Å². The zero-order valence-corrected chi connectivity index (χ0v) is 31.7. The molecule has 3 aliphatic rings. The summed E-state index contributed by atoms with van der Waals surface area (Å²) in [6, 6.07) is 63.4. The predicted octanol–water partition coefficient (Wildman–Crippen LogP) is 14.0. The van der Waals surface area contributed by atoms with Gasteiger partial charge in [0, 0.05) is 27.8 Å². The summed E-state index contributed by atoms with van der Waals surface area (Å²) in [5.74, 6) is 2.41. The van der Waals surface area contributed by atoms with Gasteiger partial charge in [-0.3, -0.25) is 0 Å². The molecule has 0 N–H and O–H groups in total. The second kappa shape index (κ2) is 12.8. The van der Waals surface area contributed by atoms with E-state index in [1.165, 1.54) is 43.8 Å². The number of ether oxygens (including phenoxy) is 1. The summed E-state index contributed by atoms with van der Waals surface area (Å²) in [4.78, 5) is 10.7. The Hall–Kier alpha value is -7.36. The Morgan fingerprint density at radius 3 is 1.90 bits per heavy atom. The Morgan fingerprint density at radius 2 is 1.09 bits per heavy atom. The van der Waals surface area contributed by atoms with Crippen LogP contribution in [0.15, 0.2) is 194 Å². The first-order valence-electron chi connectivity index (χ1n) is 20.1. The van der Waals surface area contributed by atoms with Crippen LogP contribution in [0.3, 0.4) is 0 Å². The van der Waals surface area contributed by atoms with E-state index < -0.39 is 5.41 Å². The normalized spacial score (nSPS) is 14.4. The summed E-state index contributed by atoms with van der Waals surface area (Å²) in [5.41, 5.74) is 13.8. The highest BCUT2D eigenvalue weighted by atomic mass is 16.5. The van der Waals surface area contributed by atoms with Crippen LogP contribution in [0, 0.1) is 0 Å². The molecule has 1 aromatic heterocycles. The molecule has 0 atom stereocenters. The third-order valence-electron chi connectivity index (χ3n) is 12.4. The SMILES string of the molecule is C1=CC(c2cc(-c3ccc4c(ccc5ccccc54)c3)nc(-c3ccccc3-c3cccc4c3Oc3ccccc3C43c4ccccc4-c4ccccc43)n2)=CCC1. The molecule has 9 aromatic rings. The molecule has 1 spiro atoms. The third-order valence-corrected chi connectivity index (χ3v) is 12.4. The predicted molar refractivity (Wildman–Crippen MR) is 237 cm³/mol. The van der Waals surface area contributed by atoms with Crippen LogP contribution in [-0.4, -0.2) is 9.97 Å². The van der Waals surface area contributed by atoms with Gasteiger partial charge in [-0.2, -0.15) is 0 Å².